The van der Waals surface area contributed by atoms with Crippen molar-refractivity contribution < 1.29 is 22.7 Å². The van der Waals surface area contributed by atoms with Gasteiger partial charge in [0.1, 0.15) is 0 Å². The van der Waals surface area contributed by atoms with Crippen LogP contribution in [0.4, 0.5) is 0 Å². The maximum atomic E-state index is 12.5. The summed E-state index contributed by atoms with van der Waals surface area (Å²) in [6.07, 6.45) is 10.5. The van der Waals surface area contributed by atoms with Gasteiger partial charge in [0.15, 0.2) is 6.61 Å². The van der Waals surface area contributed by atoms with Gasteiger partial charge in [0.2, 0.25) is 10.0 Å². The largest absolute Gasteiger partial charge is 0.452 e. The van der Waals surface area contributed by atoms with Crippen LogP contribution in [0.5, 0.6) is 0 Å². The van der Waals surface area contributed by atoms with E-state index >= 15 is 0 Å². The molecule has 1 N–H and O–H groups in total. The number of esters is 1. The zero-order chi connectivity index (χ0) is 22.7. The number of carbonyl (C=O) groups is 2. The number of benzene rings is 1. The number of nitrogens with one attached hydrogen (secondary N) is 1. The minimum Gasteiger partial charge on any atom is -0.452 e. The Morgan fingerprint density at radius 3 is 2.45 bits per heavy atom. The lowest BCUT2D eigenvalue weighted by molar-refractivity contribution is -0.143. The van der Waals surface area contributed by atoms with Crippen LogP contribution in [0.3, 0.4) is 0 Å². The average Bonchev–Trinajstić information content (AvgIpc) is 2.78. The van der Waals surface area contributed by atoms with Crippen molar-refractivity contribution >= 4 is 28.0 Å². The van der Waals surface area contributed by atoms with E-state index in [0.717, 1.165) is 19.3 Å². The Morgan fingerprint density at radius 2 is 1.84 bits per heavy atom. The SMILES string of the molecule is CCN(CC)S(=O)(=O)c1ccc(C=CC(=O)OCC(=O)NCCC2=CCCCC2)cc1. The third-order valence-corrected chi connectivity index (χ3v) is 7.20. The lowest BCUT2D eigenvalue weighted by Gasteiger charge is -2.18. The van der Waals surface area contributed by atoms with Gasteiger partial charge in [-0.2, -0.15) is 4.31 Å². The van der Waals surface area contributed by atoms with Crippen molar-refractivity contribution in [1.82, 2.24) is 9.62 Å². The number of hydrogen-bond donors (Lipinski definition) is 1. The molecule has 0 saturated carbocycles. The zero-order valence-corrected chi connectivity index (χ0v) is 19.1. The second kappa shape index (κ2) is 12.4. The topological polar surface area (TPSA) is 92.8 Å². The fourth-order valence-corrected chi connectivity index (χ4v) is 4.82. The van der Waals surface area contributed by atoms with Gasteiger partial charge >= 0.3 is 5.97 Å². The molecule has 170 valence electrons. The van der Waals surface area contributed by atoms with Crippen molar-refractivity contribution in [2.75, 3.05) is 26.2 Å². The van der Waals surface area contributed by atoms with E-state index < -0.39 is 16.0 Å². The summed E-state index contributed by atoms with van der Waals surface area (Å²) in [5.74, 6) is -0.964. The van der Waals surface area contributed by atoms with Crippen LogP contribution >= 0.6 is 0 Å². The third kappa shape index (κ3) is 7.95. The molecule has 0 saturated heterocycles. The molecule has 0 fully saturated rings. The van der Waals surface area contributed by atoms with Crippen molar-refractivity contribution in [2.24, 2.45) is 0 Å². The van der Waals surface area contributed by atoms with Crippen molar-refractivity contribution in [3.63, 3.8) is 0 Å². The minimum absolute atomic E-state index is 0.205. The maximum absolute atomic E-state index is 12.5. The molecular formula is C23H32N2O5S. The number of carbonyl (C=O) groups excluding carboxylic acids is 2. The summed E-state index contributed by atoms with van der Waals surface area (Å²) >= 11 is 0. The first-order chi connectivity index (χ1) is 14.9. The molecule has 1 aromatic rings. The predicted molar refractivity (Wildman–Crippen MR) is 121 cm³/mol. The van der Waals surface area contributed by atoms with Crippen molar-refractivity contribution in [2.45, 2.75) is 50.8 Å². The van der Waals surface area contributed by atoms with E-state index in [-0.39, 0.29) is 17.4 Å². The summed E-state index contributed by atoms with van der Waals surface area (Å²) in [4.78, 5) is 23.8. The van der Waals surface area contributed by atoms with Crippen molar-refractivity contribution in [1.29, 1.82) is 0 Å². The Balaban J connectivity index is 1.77. The van der Waals surface area contributed by atoms with E-state index in [0.29, 0.717) is 25.2 Å². The van der Waals surface area contributed by atoms with E-state index in [1.807, 2.05) is 0 Å². The normalized spacial score (nSPS) is 14.5. The molecule has 1 aromatic carbocycles. The van der Waals surface area contributed by atoms with Crippen LogP contribution in [-0.2, 0) is 24.3 Å². The van der Waals surface area contributed by atoms with Crippen LogP contribution in [0.15, 0.2) is 46.9 Å². The summed E-state index contributed by atoms with van der Waals surface area (Å²) in [6, 6.07) is 6.25. The van der Waals surface area contributed by atoms with Gasteiger partial charge < -0.3 is 10.1 Å². The Labute approximate surface area is 185 Å². The molecule has 1 amide bonds. The van der Waals surface area contributed by atoms with Gasteiger partial charge in [0.25, 0.3) is 5.91 Å². The number of amides is 1. The highest BCUT2D eigenvalue weighted by molar-refractivity contribution is 7.89. The Hall–Kier alpha value is -2.45. The van der Waals surface area contributed by atoms with Gasteiger partial charge in [0, 0.05) is 25.7 Å². The Bertz CT molecular complexity index is 900. The van der Waals surface area contributed by atoms with Crippen LogP contribution in [0.2, 0.25) is 0 Å². The first-order valence-corrected chi connectivity index (χ1v) is 12.2. The lowest BCUT2D eigenvalue weighted by Crippen LogP contribution is -2.30. The highest BCUT2D eigenvalue weighted by Gasteiger charge is 2.20. The number of rotatable bonds is 11. The van der Waals surface area contributed by atoms with Crippen LogP contribution in [-0.4, -0.2) is 50.8 Å². The molecule has 0 heterocycles. The predicted octanol–water partition coefficient (Wildman–Crippen LogP) is 3.28. The monoisotopic (exact) mass is 448 g/mol. The van der Waals surface area contributed by atoms with E-state index in [9.17, 15) is 18.0 Å². The highest BCUT2D eigenvalue weighted by atomic mass is 32.2. The summed E-state index contributed by atoms with van der Waals surface area (Å²) < 4.78 is 31.3. The summed E-state index contributed by atoms with van der Waals surface area (Å²) in [6.45, 7) is 4.59. The van der Waals surface area contributed by atoms with E-state index in [1.54, 1.807) is 26.0 Å². The summed E-state index contributed by atoms with van der Waals surface area (Å²) in [5, 5.41) is 2.76. The van der Waals surface area contributed by atoms with Gasteiger partial charge in [-0.15, -0.1) is 0 Å². The smallest absolute Gasteiger partial charge is 0.331 e. The van der Waals surface area contributed by atoms with Gasteiger partial charge in [-0.1, -0.05) is 37.6 Å². The van der Waals surface area contributed by atoms with Gasteiger partial charge in [-0.3, -0.25) is 4.79 Å². The first-order valence-electron chi connectivity index (χ1n) is 10.8. The second-order valence-electron chi connectivity index (χ2n) is 7.31. The van der Waals surface area contributed by atoms with Crippen molar-refractivity contribution in [3.05, 3.63) is 47.6 Å². The van der Waals surface area contributed by atoms with Crippen LogP contribution in [0.1, 0.15) is 51.5 Å². The van der Waals surface area contributed by atoms with E-state index in [1.165, 1.54) is 47.0 Å². The molecule has 1 aliphatic rings. The number of ether oxygens (including phenoxy) is 1. The molecule has 0 bridgehead atoms. The molecule has 1 aliphatic carbocycles. The standard InChI is InChI=1S/C23H32N2O5S/c1-3-25(4-2)31(28,29)21-13-10-20(11-14-21)12-15-23(27)30-18-22(26)24-17-16-19-8-6-5-7-9-19/h8,10-15H,3-7,9,16-18H2,1-2H3,(H,24,26). The zero-order valence-electron chi connectivity index (χ0n) is 18.3. The molecule has 0 radical (unpaired) electrons. The average molecular weight is 449 g/mol. The Morgan fingerprint density at radius 1 is 1.13 bits per heavy atom. The third-order valence-electron chi connectivity index (χ3n) is 5.13. The molecule has 0 unspecified atom stereocenters. The highest BCUT2D eigenvalue weighted by Crippen LogP contribution is 2.19. The summed E-state index contributed by atoms with van der Waals surface area (Å²) in [5.41, 5.74) is 2.03. The number of sulfonamides is 1. The van der Waals surface area contributed by atoms with E-state index in [2.05, 4.69) is 11.4 Å². The lowest BCUT2D eigenvalue weighted by atomic mass is 9.97. The fraction of sp³-hybridized carbons (Fsp3) is 0.478. The molecule has 0 aromatic heterocycles. The van der Waals surface area contributed by atoms with Crippen molar-refractivity contribution in [3.8, 4) is 0 Å². The number of nitrogens with zero attached hydrogens (tertiary/aromatic N) is 1. The maximum Gasteiger partial charge on any atom is 0.331 e. The minimum atomic E-state index is -3.51. The molecule has 2 rings (SSSR count). The first kappa shape index (κ1) is 24.8. The second-order valence-corrected chi connectivity index (χ2v) is 9.25. The number of allylic oxidation sites excluding steroid dienone is 1. The van der Waals surface area contributed by atoms with Gasteiger partial charge in [-0.25, -0.2) is 13.2 Å². The molecule has 0 aliphatic heterocycles. The van der Waals surface area contributed by atoms with Crippen LogP contribution in [0, 0.1) is 0 Å². The Kier molecular flexibility index (Phi) is 9.94. The van der Waals surface area contributed by atoms with Gasteiger partial charge in [0.05, 0.1) is 4.90 Å². The van der Waals surface area contributed by atoms with Gasteiger partial charge in [-0.05, 0) is 55.9 Å². The molecule has 0 spiro atoms. The fourth-order valence-electron chi connectivity index (χ4n) is 3.36. The molecular weight excluding hydrogens is 416 g/mol. The van der Waals surface area contributed by atoms with Crippen LogP contribution < -0.4 is 5.32 Å². The van der Waals surface area contributed by atoms with Crippen LogP contribution in [0.25, 0.3) is 6.08 Å². The molecule has 0 atom stereocenters. The number of hydrogen-bond acceptors (Lipinski definition) is 5. The van der Waals surface area contributed by atoms with E-state index in [4.69, 9.17) is 4.74 Å². The quantitative estimate of drug-likeness (QED) is 0.319. The molecule has 31 heavy (non-hydrogen) atoms. The summed E-state index contributed by atoms with van der Waals surface area (Å²) in [7, 11) is -3.51. The molecule has 7 nitrogen and oxygen atoms in total. The molecule has 8 heteroatoms.